The molecule has 1 heterocycles. The quantitative estimate of drug-likeness (QED) is 0.772. The van der Waals surface area contributed by atoms with Crippen molar-refractivity contribution in [2.24, 2.45) is 5.92 Å². The molecule has 2 unspecified atom stereocenters. The molecule has 1 fully saturated rings. The van der Waals surface area contributed by atoms with Crippen molar-refractivity contribution in [1.82, 2.24) is 10.2 Å². The van der Waals surface area contributed by atoms with Crippen LogP contribution in [0.2, 0.25) is 0 Å². The standard InChI is InChI=1S/C12H22N2O3S/c1-9(4-6-18-2)13-12(17)14-5-3-10(8-14)7-11(15)16/h9-10H,3-8H2,1-2H3,(H,13,17)(H,15,16). The van der Waals surface area contributed by atoms with Crippen LogP contribution < -0.4 is 5.32 Å². The van der Waals surface area contributed by atoms with Crippen LogP contribution in [0, 0.1) is 5.92 Å². The number of rotatable bonds is 6. The molecule has 0 radical (unpaired) electrons. The molecule has 104 valence electrons. The maximum atomic E-state index is 11.9. The van der Waals surface area contributed by atoms with Crippen molar-refractivity contribution in [1.29, 1.82) is 0 Å². The summed E-state index contributed by atoms with van der Waals surface area (Å²) in [5.74, 6) is 0.355. The van der Waals surface area contributed by atoms with E-state index in [1.807, 2.05) is 13.2 Å². The third-order valence-corrected chi connectivity index (χ3v) is 3.81. The molecule has 1 rings (SSSR count). The van der Waals surface area contributed by atoms with E-state index in [9.17, 15) is 9.59 Å². The molecule has 0 saturated carbocycles. The minimum atomic E-state index is -0.782. The second-order valence-corrected chi connectivity index (χ2v) is 5.82. The zero-order chi connectivity index (χ0) is 13.5. The predicted octanol–water partition coefficient (Wildman–Crippen LogP) is 1.63. The Kier molecular flexibility index (Phi) is 6.32. The summed E-state index contributed by atoms with van der Waals surface area (Å²) in [5.41, 5.74) is 0. The van der Waals surface area contributed by atoms with Crippen LogP contribution in [0.4, 0.5) is 4.79 Å². The van der Waals surface area contributed by atoms with Crippen molar-refractivity contribution < 1.29 is 14.7 Å². The van der Waals surface area contributed by atoms with Gasteiger partial charge in [-0.2, -0.15) is 11.8 Å². The van der Waals surface area contributed by atoms with Gasteiger partial charge in [0.05, 0.1) is 0 Å². The minimum Gasteiger partial charge on any atom is -0.481 e. The van der Waals surface area contributed by atoms with Crippen LogP contribution in [-0.2, 0) is 4.79 Å². The average molecular weight is 274 g/mol. The number of amides is 2. The molecule has 1 saturated heterocycles. The minimum absolute atomic E-state index is 0.0588. The lowest BCUT2D eigenvalue weighted by Crippen LogP contribution is -2.43. The van der Waals surface area contributed by atoms with Gasteiger partial charge in [-0.15, -0.1) is 0 Å². The number of hydrogen-bond acceptors (Lipinski definition) is 3. The van der Waals surface area contributed by atoms with Crippen LogP contribution in [-0.4, -0.2) is 53.1 Å². The van der Waals surface area contributed by atoms with Crippen LogP contribution >= 0.6 is 11.8 Å². The lowest BCUT2D eigenvalue weighted by atomic mass is 10.1. The molecule has 0 aromatic rings. The van der Waals surface area contributed by atoms with E-state index in [4.69, 9.17) is 5.11 Å². The number of carboxylic acids is 1. The number of aliphatic carboxylic acids is 1. The zero-order valence-electron chi connectivity index (χ0n) is 11.0. The second-order valence-electron chi connectivity index (χ2n) is 4.83. The molecule has 0 spiro atoms. The van der Waals surface area contributed by atoms with E-state index >= 15 is 0 Å². The fraction of sp³-hybridized carbons (Fsp3) is 0.833. The summed E-state index contributed by atoms with van der Waals surface area (Å²) in [7, 11) is 0. The Morgan fingerprint density at radius 3 is 2.89 bits per heavy atom. The third-order valence-electron chi connectivity index (χ3n) is 3.16. The second kappa shape index (κ2) is 7.51. The number of nitrogens with one attached hydrogen (secondary N) is 1. The van der Waals surface area contributed by atoms with Gasteiger partial charge in [-0.1, -0.05) is 0 Å². The van der Waals surface area contributed by atoms with Gasteiger partial charge < -0.3 is 15.3 Å². The highest BCUT2D eigenvalue weighted by molar-refractivity contribution is 7.98. The molecule has 18 heavy (non-hydrogen) atoms. The summed E-state index contributed by atoms with van der Waals surface area (Å²) in [6.07, 6.45) is 3.95. The first kappa shape index (κ1) is 15.1. The van der Waals surface area contributed by atoms with Crippen LogP contribution in [0.25, 0.3) is 0 Å². The van der Waals surface area contributed by atoms with E-state index in [-0.39, 0.29) is 24.4 Å². The Morgan fingerprint density at radius 2 is 2.28 bits per heavy atom. The fourth-order valence-corrected chi connectivity index (χ4v) is 2.69. The van der Waals surface area contributed by atoms with Gasteiger partial charge in [0.1, 0.15) is 0 Å². The monoisotopic (exact) mass is 274 g/mol. The van der Waals surface area contributed by atoms with Crippen molar-refractivity contribution in [2.75, 3.05) is 25.1 Å². The van der Waals surface area contributed by atoms with Gasteiger partial charge in [-0.25, -0.2) is 4.79 Å². The number of urea groups is 1. The maximum Gasteiger partial charge on any atom is 0.317 e. The summed E-state index contributed by atoms with van der Waals surface area (Å²) >= 11 is 1.77. The number of hydrogen-bond donors (Lipinski definition) is 2. The average Bonchev–Trinajstić information content (AvgIpc) is 2.73. The number of likely N-dealkylation sites (tertiary alicyclic amines) is 1. The van der Waals surface area contributed by atoms with Crippen molar-refractivity contribution in [3.05, 3.63) is 0 Å². The summed E-state index contributed by atoms with van der Waals surface area (Å²) in [6, 6.07) is 0.111. The summed E-state index contributed by atoms with van der Waals surface area (Å²) in [4.78, 5) is 24.2. The molecule has 0 bridgehead atoms. The van der Waals surface area contributed by atoms with Gasteiger partial charge in [0.2, 0.25) is 0 Å². The first-order valence-corrected chi connectivity index (χ1v) is 7.68. The fourth-order valence-electron chi connectivity index (χ4n) is 2.10. The molecule has 6 heteroatoms. The molecule has 5 nitrogen and oxygen atoms in total. The SMILES string of the molecule is CSCCC(C)NC(=O)N1CCC(CC(=O)O)C1. The van der Waals surface area contributed by atoms with Gasteiger partial charge >= 0.3 is 12.0 Å². The largest absolute Gasteiger partial charge is 0.481 e. The van der Waals surface area contributed by atoms with Crippen LogP contribution in [0.15, 0.2) is 0 Å². The molecule has 0 aromatic heterocycles. The Bertz CT molecular complexity index is 299. The smallest absolute Gasteiger partial charge is 0.317 e. The van der Waals surface area contributed by atoms with E-state index in [1.54, 1.807) is 16.7 Å². The number of carbonyl (C=O) groups excluding carboxylic acids is 1. The normalized spacial score (nSPS) is 20.8. The first-order valence-electron chi connectivity index (χ1n) is 6.29. The number of nitrogens with zero attached hydrogens (tertiary/aromatic N) is 1. The van der Waals surface area contributed by atoms with Gasteiger partial charge in [-0.05, 0) is 37.7 Å². The molecular formula is C12H22N2O3S. The molecule has 2 amide bonds. The number of carbonyl (C=O) groups is 2. The molecule has 0 aliphatic carbocycles. The van der Waals surface area contributed by atoms with Gasteiger partial charge in [0.25, 0.3) is 0 Å². The van der Waals surface area contributed by atoms with Crippen LogP contribution in [0.1, 0.15) is 26.2 Å². The Hall–Kier alpha value is -0.910. The molecule has 1 aliphatic rings. The molecule has 0 aromatic carbocycles. The Balaban J connectivity index is 2.29. The maximum absolute atomic E-state index is 11.9. The van der Waals surface area contributed by atoms with E-state index in [0.717, 1.165) is 18.6 Å². The lowest BCUT2D eigenvalue weighted by Gasteiger charge is -2.20. The highest BCUT2D eigenvalue weighted by Gasteiger charge is 2.28. The summed E-state index contributed by atoms with van der Waals surface area (Å²) < 4.78 is 0. The third kappa shape index (κ3) is 5.16. The van der Waals surface area contributed by atoms with E-state index in [2.05, 4.69) is 5.32 Å². The first-order chi connectivity index (χ1) is 8.52. The van der Waals surface area contributed by atoms with Crippen molar-refractivity contribution in [3.63, 3.8) is 0 Å². The van der Waals surface area contributed by atoms with E-state index < -0.39 is 5.97 Å². The molecular weight excluding hydrogens is 252 g/mol. The van der Waals surface area contributed by atoms with Crippen molar-refractivity contribution in [3.8, 4) is 0 Å². The van der Waals surface area contributed by atoms with Crippen LogP contribution in [0.3, 0.4) is 0 Å². The van der Waals surface area contributed by atoms with E-state index in [1.165, 1.54) is 0 Å². The Labute approximate surface area is 112 Å². The van der Waals surface area contributed by atoms with Gasteiger partial charge in [-0.3, -0.25) is 4.79 Å². The predicted molar refractivity (Wildman–Crippen MR) is 72.9 cm³/mol. The lowest BCUT2D eigenvalue weighted by molar-refractivity contribution is -0.138. The number of carboxylic acid groups (broad SMARTS) is 1. The summed E-state index contributed by atoms with van der Waals surface area (Å²) in [6.45, 7) is 3.23. The van der Waals surface area contributed by atoms with Crippen molar-refractivity contribution >= 4 is 23.8 Å². The molecule has 1 aliphatic heterocycles. The summed E-state index contributed by atoms with van der Waals surface area (Å²) in [5, 5.41) is 11.7. The Morgan fingerprint density at radius 1 is 1.56 bits per heavy atom. The van der Waals surface area contributed by atoms with Crippen LogP contribution in [0.5, 0.6) is 0 Å². The highest BCUT2D eigenvalue weighted by atomic mass is 32.2. The topological polar surface area (TPSA) is 69.6 Å². The van der Waals surface area contributed by atoms with Crippen molar-refractivity contribution in [2.45, 2.75) is 32.2 Å². The van der Waals surface area contributed by atoms with Gasteiger partial charge in [0, 0.05) is 25.6 Å². The molecule has 2 N–H and O–H groups in total. The number of thioether (sulfide) groups is 1. The highest BCUT2D eigenvalue weighted by Crippen LogP contribution is 2.19. The van der Waals surface area contributed by atoms with E-state index in [0.29, 0.717) is 13.1 Å². The zero-order valence-corrected chi connectivity index (χ0v) is 11.8. The van der Waals surface area contributed by atoms with Gasteiger partial charge in [0.15, 0.2) is 0 Å². The molecule has 2 atom stereocenters.